The summed E-state index contributed by atoms with van der Waals surface area (Å²) in [5.41, 5.74) is 5.06. The standard InChI is InChI=1S/C9H17N3O2/c1-6-2-7(6)4-11-9(14)5-12-8(13)3-10/h6-7H,2-5,10H2,1H3,(H,11,14)(H,12,13). The Morgan fingerprint density at radius 3 is 2.50 bits per heavy atom. The highest BCUT2D eigenvalue weighted by atomic mass is 16.2. The van der Waals surface area contributed by atoms with Gasteiger partial charge >= 0.3 is 0 Å². The first kappa shape index (κ1) is 11.0. The van der Waals surface area contributed by atoms with E-state index in [1.54, 1.807) is 0 Å². The minimum Gasteiger partial charge on any atom is -0.354 e. The number of amides is 2. The van der Waals surface area contributed by atoms with E-state index in [4.69, 9.17) is 5.73 Å². The molecule has 0 aromatic rings. The highest BCUT2D eigenvalue weighted by molar-refractivity contribution is 5.85. The number of carbonyl (C=O) groups is 2. The molecule has 2 amide bonds. The molecule has 0 spiro atoms. The van der Waals surface area contributed by atoms with Crippen molar-refractivity contribution in [2.45, 2.75) is 13.3 Å². The van der Waals surface area contributed by atoms with Crippen LogP contribution >= 0.6 is 0 Å². The van der Waals surface area contributed by atoms with E-state index in [9.17, 15) is 9.59 Å². The van der Waals surface area contributed by atoms with Crippen LogP contribution in [0.1, 0.15) is 13.3 Å². The Kier molecular flexibility index (Phi) is 3.88. The lowest BCUT2D eigenvalue weighted by atomic mass is 10.3. The predicted molar refractivity (Wildman–Crippen MR) is 52.3 cm³/mol. The lowest BCUT2D eigenvalue weighted by Gasteiger charge is -2.05. The number of rotatable bonds is 5. The third-order valence-corrected chi connectivity index (χ3v) is 2.47. The number of hydrogen-bond acceptors (Lipinski definition) is 3. The maximum atomic E-state index is 11.1. The summed E-state index contributed by atoms with van der Waals surface area (Å²) >= 11 is 0. The van der Waals surface area contributed by atoms with E-state index >= 15 is 0 Å². The minimum absolute atomic E-state index is 0.0249. The van der Waals surface area contributed by atoms with Gasteiger partial charge in [-0.1, -0.05) is 6.92 Å². The number of carbonyl (C=O) groups excluding carboxylic acids is 2. The van der Waals surface area contributed by atoms with Gasteiger partial charge < -0.3 is 16.4 Å². The van der Waals surface area contributed by atoms with E-state index < -0.39 is 0 Å². The highest BCUT2D eigenvalue weighted by Crippen LogP contribution is 2.36. The molecule has 0 aliphatic heterocycles. The second kappa shape index (κ2) is 4.95. The van der Waals surface area contributed by atoms with Crippen LogP contribution in [0.5, 0.6) is 0 Å². The Labute approximate surface area is 83.4 Å². The Balaban J connectivity index is 2.01. The van der Waals surface area contributed by atoms with Crippen molar-refractivity contribution in [1.82, 2.24) is 10.6 Å². The fraction of sp³-hybridized carbons (Fsp3) is 0.778. The van der Waals surface area contributed by atoms with E-state index in [2.05, 4.69) is 17.6 Å². The van der Waals surface area contributed by atoms with Gasteiger partial charge in [0.1, 0.15) is 0 Å². The fourth-order valence-electron chi connectivity index (χ4n) is 1.24. The van der Waals surface area contributed by atoms with Gasteiger partial charge in [0.2, 0.25) is 11.8 Å². The van der Waals surface area contributed by atoms with Crippen molar-refractivity contribution < 1.29 is 9.59 Å². The Bertz CT molecular complexity index is 230. The van der Waals surface area contributed by atoms with Crippen LogP contribution in [0.4, 0.5) is 0 Å². The van der Waals surface area contributed by atoms with Crippen LogP contribution in [0, 0.1) is 11.8 Å². The minimum atomic E-state index is -0.306. The first-order valence-electron chi connectivity index (χ1n) is 4.87. The molecule has 2 atom stereocenters. The maximum Gasteiger partial charge on any atom is 0.239 e. The SMILES string of the molecule is CC1CC1CNC(=O)CNC(=O)CN. The molecule has 0 saturated heterocycles. The molecule has 1 rings (SSSR count). The van der Waals surface area contributed by atoms with Crippen LogP contribution < -0.4 is 16.4 Å². The second-order valence-electron chi connectivity index (χ2n) is 3.76. The Morgan fingerprint density at radius 2 is 2.00 bits per heavy atom. The molecule has 0 bridgehead atoms. The van der Waals surface area contributed by atoms with Crippen molar-refractivity contribution in [1.29, 1.82) is 0 Å². The molecule has 0 radical (unpaired) electrons. The zero-order valence-corrected chi connectivity index (χ0v) is 8.38. The van der Waals surface area contributed by atoms with Gasteiger partial charge in [0, 0.05) is 6.54 Å². The summed E-state index contributed by atoms with van der Waals surface area (Å²) in [6.07, 6.45) is 1.19. The van der Waals surface area contributed by atoms with Gasteiger partial charge in [-0.15, -0.1) is 0 Å². The molecular weight excluding hydrogens is 182 g/mol. The van der Waals surface area contributed by atoms with Crippen molar-refractivity contribution in [3.8, 4) is 0 Å². The summed E-state index contributed by atoms with van der Waals surface area (Å²) in [4.78, 5) is 21.8. The van der Waals surface area contributed by atoms with E-state index in [1.165, 1.54) is 6.42 Å². The molecule has 1 saturated carbocycles. The van der Waals surface area contributed by atoms with Crippen LogP contribution in [-0.4, -0.2) is 31.4 Å². The normalized spacial score (nSPS) is 24.1. The summed E-state index contributed by atoms with van der Waals surface area (Å²) in [7, 11) is 0. The van der Waals surface area contributed by atoms with E-state index in [0.717, 1.165) is 12.5 Å². The Morgan fingerprint density at radius 1 is 1.36 bits per heavy atom. The van der Waals surface area contributed by atoms with Crippen LogP contribution in [0.3, 0.4) is 0 Å². The van der Waals surface area contributed by atoms with Crippen molar-refractivity contribution in [2.75, 3.05) is 19.6 Å². The largest absolute Gasteiger partial charge is 0.354 e. The lowest BCUT2D eigenvalue weighted by Crippen LogP contribution is -2.40. The summed E-state index contributed by atoms with van der Waals surface area (Å²) in [5.74, 6) is 0.906. The molecule has 4 N–H and O–H groups in total. The topological polar surface area (TPSA) is 84.2 Å². The summed E-state index contributed by atoms with van der Waals surface area (Å²) in [6, 6.07) is 0. The smallest absolute Gasteiger partial charge is 0.239 e. The zero-order valence-electron chi connectivity index (χ0n) is 8.38. The third-order valence-electron chi connectivity index (χ3n) is 2.47. The number of nitrogens with two attached hydrogens (primary N) is 1. The van der Waals surface area contributed by atoms with Crippen molar-refractivity contribution in [3.63, 3.8) is 0 Å². The van der Waals surface area contributed by atoms with E-state index in [0.29, 0.717) is 5.92 Å². The summed E-state index contributed by atoms with van der Waals surface area (Å²) in [6.45, 7) is 2.83. The molecule has 1 fully saturated rings. The molecule has 1 aliphatic carbocycles. The zero-order chi connectivity index (χ0) is 10.6. The highest BCUT2D eigenvalue weighted by Gasteiger charge is 2.32. The van der Waals surface area contributed by atoms with Crippen molar-refractivity contribution >= 4 is 11.8 Å². The summed E-state index contributed by atoms with van der Waals surface area (Å²) < 4.78 is 0. The van der Waals surface area contributed by atoms with Gasteiger partial charge in [-0.2, -0.15) is 0 Å². The van der Waals surface area contributed by atoms with Crippen LogP contribution in [-0.2, 0) is 9.59 Å². The Hall–Kier alpha value is -1.10. The van der Waals surface area contributed by atoms with E-state index in [1.807, 2.05) is 0 Å². The molecule has 80 valence electrons. The van der Waals surface area contributed by atoms with E-state index in [-0.39, 0.29) is 24.9 Å². The van der Waals surface area contributed by atoms with Gasteiger partial charge in [-0.05, 0) is 18.3 Å². The van der Waals surface area contributed by atoms with Crippen molar-refractivity contribution in [2.24, 2.45) is 17.6 Å². The molecular formula is C9H17N3O2. The molecule has 14 heavy (non-hydrogen) atoms. The maximum absolute atomic E-state index is 11.1. The molecule has 0 heterocycles. The molecule has 1 aliphatic rings. The van der Waals surface area contributed by atoms with Gasteiger partial charge in [-0.25, -0.2) is 0 Å². The van der Waals surface area contributed by atoms with Gasteiger partial charge in [0.15, 0.2) is 0 Å². The summed E-state index contributed by atoms with van der Waals surface area (Å²) in [5, 5.41) is 5.17. The second-order valence-corrected chi connectivity index (χ2v) is 3.76. The predicted octanol–water partition coefficient (Wildman–Crippen LogP) is -1.17. The first-order valence-corrected chi connectivity index (χ1v) is 4.87. The average Bonchev–Trinajstić information content (AvgIpc) is 2.87. The molecule has 2 unspecified atom stereocenters. The molecule has 5 nitrogen and oxygen atoms in total. The lowest BCUT2D eigenvalue weighted by molar-refractivity contribution is -0.125. The van der Waals surface area contributed by atoms with Gasteiger partial charge in [-0.3, -0.25) is 9.59 Å². The van der Waals surface area contributed by atoms with Gasteiger partial charge in [0.25, 0.3) is 0 Å². The molecule has 0 aromatic carbocycles. The fourth-order valence-corrected chi connectivity index (χ4v) is 1.24. The average molecular weight is 199 g/mol. The quantitative estimate of drug-likeness (QED) is 0.522. The molecule has 5 heteroatoms. The van der Waals surface area contributed by atoms with Crippen LogP contribution in [0.2, 0.25) is 0 Å². The van der Waals surface area contributed by atoms with Crippen LogP contribution in [0.15, 0.2) is 0 Å². The van der Waals surface area contributed by atoms with Gasteiger partial charge in [0.05, 0.1) is 13.1 Å². The third kappa shape index (κ3) is 3.74. The van der Waals surface area contributed by atoms with Crippen molar-refractivity contribution in [3.05, 3.63) is 0 Å². The monoisotopic (exact) mass is 199 g/mol. The number of nitrogens with one attached hydrogen (secondary N) is 2. The first-order chi connectivity index (χ1) is 6.63. The molecule has 0 aromatic heterocycles. The number of hydrogen-bond donors (Lipinski definition) is 3. The van der Waals surface area contributed by atoms with Crippen LogP contribution in [0.25, 0.3) is 0 Å².